The van der Waals surface area contributed by atoms with Gasteiger partial charge in [-0.2, -0.15) is 0 Å². The van der Waals surface area contributed by atoms with E-state index in [0.717, 1.165) is 11.8 Å². The molecule has 0 amide bonds. The second-order valence-electron chi connectivity index (χ2n) is 2.97. The molecule has 0 aromatic heterocycles. The molecule has 14 heavy (non-hydrogen) atoms. The molecule has 1 aromatic carbocycles. The highest BCUT2D eigenvalue weighted by Crippen LogP contribution is 2.08. The molecule has 0 saturated carbocycles. The summed E-state index contributed by atoms with van der Waals surface area (Å²) in [5.41, 5.74) is 1.71. The molecule has 0 saturated heterocycles. The molecule has 0 aliphatic carbocycles. The minimum atomic E-state index is -0.253. The van der Waals surface area contributed by atoms with Gasteiger partial charge in [-0.05, 0) is 11.6 Å². The number of carbonyl (C=O) groups excluding carboxylic acids is 1. The first-order chi connectivity index (χ1) is 6.80. The van der Waals surface area contributed by atoms with Gasteiger partial charge < -0.3 is 9.47 Å². The molecule has 3 heteroatoms. The molecule has 0 aliphatic rings. The topological polar surface area (TPSA) is 35.5 Å². The Hall–Kier alpha value is -1.19. The van der Waals surface area contributed by atoms with Gasteiger partial charge in [0.25, 0.3) is 0 Å². The molecule has 0 fully saturated rings. The highest BCUT2D eigenvalue weighted by atomic mass is 16.7. The van der Waals surface area contributed by atoms with Gasteiger partial charge in [-0.15, -0.1) is 0 Å². The zero-order valence-corrected chi connectivity index (χ0v) is 8.40. The van der Waals surface area contributed by atoms with E-state index in [4.69, 9.17) is 9.47 Å². The first-order valence-electron chi connectivity index (χ1n) is 4.40. The van der Waals surface area contributed by atoms with Crippen LogP contribution in [0.25, 0.3) is 0 Å². The average molecular weight is 194 g/mol. The van der Waals surface area contributed by atoms with Crippen molar-refractivity contribution in [2.75, 3.05) is 14.2 Å². The molecule has 0 spiro atoms. The van der Waals surface area contributed by atoms with Crippen molar-refractivity contribution in [1.82, 2.24) is 0 Å². The molecule has 3 nitrogen and oxygen atoms in total. The average Bonchev–Trinajstić information content (AvgIpc) is 2.26. The van der Waals surface area contributed by atoms with Crippen LogP contribution < -0.4 is 0 Å². The Morgan fingerprint density at radius 3 is 2.64 bits per heavy atom. The minimum absolute atomic E-state index is 0.253. The quantitative estimate of drug-likeness (QED) is 0.528. The number of hydrogen-bond acceptors (Lipinski definition) is 3. The third-order valence-corrected chi connectivity index (χ3v) is 2.02. The first-order valence-corrected chi connectivity index (χ1v) is 4.40. The largest absolute Gasteiger partial charge is 0.356 e. The standard InChI is InChI=1S/C11H14O3/c1-13-11(14-2)7-9-4-3-5-10(6-9)8-12/h3-6,8,11H,7H2,1-2H3. The van der Waals surface area contributed by atoms with E-state index in [1.54, 1.807) is 20.3 Å². The van der Waals surface area contributed by atoms with Crippen LogP contribution >= 0.6 is 0 Å². The van der Waals surface area contributed by atoms with E-state index in [1.807, 2.05) is 18.2 Å². The molecule has 0 atom stereocenters. The Kier molecular flexibility index (Phi) is 4.29. The van der Waals surface area contributed by atoms with E-state index in [9.17, 15) is 4.79 Å². The fourth-order valence-electron chi connectivity index (χ4n) is 1.25. The Morgan fingerprint density at radius 2 is 2.07 bits per heavy atom. The SMILES string of the molecule is COC(Cc1cccc(C=O)c1)OC. The fraction of sp³-hybridized carbons (Fsp3) is 0.364. The second-order valence-corrected chi connectivity index (χ2v) is 2.97. The van der Waals surface area contributed by atoms with Gasteiger partial charge in [-0.3, -0.25) is 4.79 Å². The molecule has 0 N–H and O–H groups in total. The van der Waals surface area contributed by atoms with E-state index in [2.05, 4.69) is 0 Å². The van der Waals surface area contributed by atoms with Gasteiger partial charge in [0.05, 0.1) is 0 Å². The van der Waals surface area contributed by atoms with Crippen LogP contribution in [0.1, 0.15) is 15.9 Å². The Bertz CT molecular complexity index is 292. The maximum Gasteiger partial charge on any atom is 0.160 e. The number of carbonyl (C=O) groups is 1. The van der Waals surface area contributed by atoms with E-state index in [-0.39, 0.29) is 6.29 Å². The Labute approximate surface area is 83.6 Å². The summed E-state index contributed by atoms with van der Waals surface area (Å²) in [5, 5.41) is 0. The summed E-state index contributed by atoms with van der Waals surface area (Å²) in [6.45, 7) is 0. The number of methoxy groups -OCH3 is 2. The number of aldehydes is 1. The van der Waals surface area contributed by atoms with Gasteiger partial charge in [0.15, 0.2) is 6.29 Å². The van der Waals surface area contributed by atoms with Crippen LogP contribution in [0.2, 0.25) is 0 Å². The molecule has 0 bridgehead atoms. The van der Waals surface area contributed by atoms with Crippen LogP contribution in [0, 0.1) is 0 Å². The van der Waals surface area contributed by atoms with Crippen LogP contribution in [0.15, 0.2) is 24.3 Å². The predicted molar refractivity (Wildman–Crippen MR) is 53.3 cm³/mol. The number of benzene rings is 1. The summed E-state index contributed by atoms with van der Waals surface area (Å²) in [6, 6.07) is 7.39. The molecule has 76 valence electrons. The maximum absolute atomic E-state index is 10.5. The zero-order chi connectivity index (χ0) is 10.4. The van der Waals surface area contributed by atoms with Crippen LogP contribution in [0.3, 0.4) is 0 Å². The predicted octanol–water partition coefficient (Wildman–Crippen LogP) is 1.66. The lowest BCUT2D eigenvalue weighted by molar-refractivity contribution is -0.100. The van der Waals surface area contributed by atoms with E-state index in [1.165, 1.54) is 0 Å². The van der Waals surface area contributed by atoms with Crippen molar-refractivity contribution in [1.29, 1.82) is 0 Å². The highest BCUT2D eigenvalue weighted by Gasteiger charge is 2.06. The number of rotatable bonds is 5. The minimum Gasteiger partial charge on any atom is -0.356 e. The van der Waals surface area contributed by atoms with Gasteiger partial charge in [0, 0.05) is 26.2 Å². The molecule has 0 unspecified atom stereocenters. The summed E-state index contributed by atoms with van der Waals surface area (Å²) in [6.07, 6.45) is 1.23. The summed E-state index contributed by atoms with van der Waals surface area (Å²) < 4.78 is 10.1. The second kappa shape index (κ2) is 5.52. The van der Waals surface area contributed by atoms with Crippen LogP contribution in [0.4, 0.5) is 0 Å². The number of hydrogen-bond donors (Lipinski definition) is 0. The van der Waals surface area contributed by atoms with Crippen molar-refractivity contribution in [3.63, 3.8) is 0 Å². The van der Waals surface area contributed by atoms with Gasteiger partial charge in [-0.25, -0.2) is 0 Å². The molecule has 1 rings (SSSR count). The molecule has 0 heterocycles. The Morgan fingerprint density at radius 1 is 1.36 bits per heavy atom. The van der Waals surface area contributed by atoms with Crippen molar-refractivity contribution in [3.8, 4) is 0 Å². The van der Waals surface area contributed by atoms with Gasteiger partial charge in [0.1, 0.15) is 6.29 Å². The van der Waals surface area contributed by atoms with Gasteiger partial charge >= 0.3 is 0 Å². The lowest BCUT2D eigenvalue weighted by Crippen LogP contribution is -2.16. The molecule has 0 aliphatic heterocycles. The van der Waals surface area contributed by atoms with Crippen molar-refractivity contribution in [2.45, 2.75) is 12.7 Å². The van der Waals surface area contributed by atoms with Crippen molar-refractivity contribution in [3.05, 3.63) is 35.4 Å². The number of ether oxygens (including phenoxy) is 2. The normalized spacial score (nSPS) is 10.5. The summed E-state index contributed by atoms with van der Waals surface area (Å²) in [5.74, 6) is 0. The van der Waals surface area contributed by atoms with Crippen LogP contribution in [0.5, 0.6) is 0 Å². The zero-order valence-electron chi connectivity index (χ0n) is 8.40. The third kappa shape index (κ3) is 2.94. The molecule has 1 aromatic rings. The Balaban J connectivity index is 2.70. The summed E-state index contributed by atoms with van der Waals surface area (Å²) in [4.78, 5) is 10.5. The first kappa shape index (κ1) is 10.9. The van der Waals surface area contributed by atoms with E-state index in [0.29, 0.717) is 12.0 Å². The highest BCUT2D eigenvalue weighted by molar-refractivity contribution is 5.74. The fourth-order valence-corrected chi connectivity index (χ4v) is 1.25. The molecular weight excluding hydrogens is 180 g/mol. The lowest BCUT2D eigenvalue weighted by atomic mass is 10.1. The van der Waals surface area contributed by atoms with Crippen molar-refractivity contribution in [2.24, 2.45) is 0 Å². The van der Waals surface area contributed by atoms with Crippen LogP contribution in [-0.2, 0) is 15.9 Å². The van der Waals surface area contributed by atoms with Crippen molar-refractivity contribution < 1.29 is 14.3 Å². The third-order valence-electron chi connectivity index (χ3n) is 2.02. The smallest absolute Gasteiger partial charge is 0.160 e. The lowest BCUT2D eigenvalue weighted by Gasteiger charge is -2.13. The van der Waals surface area contributed by atoms with Gasteiger partial charge in [0.2, 0.25) is 0 Å². The van der Waals surface area contributed by atoms with Gasteiger partial charge in [-0.1, -0.05) is 18.2 Å². The van der Waals surface area contributed by atoms with E-state index < -0.39 is 0 Å². The van der Waals surface area contributed by atoms with Crippen LogP contribution in [-0.4, -0.2) is 26.8 Å². The maximum atomic E-state index is 10.5. The molecular formula is C11H14O3. The monoisotopic (exact) mass is 194 g/mol. The molecule has 0 radical (unpaired) electrons. The summed E-state index contributed by atoms with van der Waals surface area (Å²) in [7, 11) is 3.19. The van der Waals surface area contributed by atoms with E-state index >= 15 is 0 Å². The van der Waals surface area contributed by atoms with Crippen molar-refractivity contribution >= 4 is 6.29 Å². The summed E-state index contributed by atoms with van der Waals surface area (Å²) >= 11 is 0.